The summed E-state index contributed by atoms with van der Waals surface area (Å²) in [5.74, 6) is 0.163. The van der Waals surface area contributed by atoms with Crippen LogP contribution in [-0.2, 0) is 5.41 Å². The monoisotopic (exact) mass is 653 g/mol. The highest BCUT2D eigenvalue weighted by Crippen LogP contribution is 2.63. The highest BCUT2D eigenvalue weighted by molar-refractivity contribution is 6.02. The minimum Gasteiger partial charge on any atom is -0.326 e. The number of para-hydroxylation sites is 1. The Bertz CT molecular complexity index is 2510. The summed E-state index contributed by atoms with van der Waals surface area (Å²) in [6.07, 6.45) is 2.23. The summed E-state index contributed by atoms with van der Waals surface area (Å²) >= 11 is 0. The summed E-state index contributed by atoms with van der Waals surface area (Å²) in [5.41, 5.74) is 15.0. The highest BCUT2D eigenvalue weighted by atomic mass is 15.2. The van der Waals surface area contributed by atoms with Crippen LogP contribution in [0.3, 0.4) is 0 Å². The first kappa shape index (κ1) is 29.5. The molecule has 2 atom stereocenters. The van der Waals surface area contributed by atoms with Crippen molar-refractivity contribution in [2.24, 2.45) is 0 Å². The summed E-state index contributed by atoms with van der Waals surface area (Å²) in [4.78, 5) is 7.74. The Morgan fingerprint density at radius 1 is 0.627 bits per heavy atom. The number of anilines is 2. The third-order valence-electron chi connectivity index (χ3n) is 11.1. The zero-order valence-electron chi connectivity index (χ0n) is 28.6. The van der Waals surface area contributed by atoms with Crippen molar-refractivity contribution in [3.63, 3.8) is 0 Å². The number of benzene rings is 5. The van der Waals surface area contributed by atoms with Gasteiger partial charge < -0.3 is 9.47 Å². The predicted molar refractivity (Wildman–Crippen MR) is 209 cm³/mol. The Labute approximate surface area is 299 Å². The quantitative estimate of drug-likeness (QED) is 0.188. The third kappa shape index (κ3) is 4.50. The molecular formula is C48H35N3. The summed E-state index contributed by atoms with van der Waals surface area (Å²) in [6, 6.07) is 63.7. The number of rotatable bonds is 4. The summed E-state index contributed by atoms with van der Waals surface area (Å²) in [5, 5.41) is 1.20. The Balaban J connectivity index is 1.30. The van der Waals surface area contributed by atoms with E-state index >= 15 is 0 Å². The lowest BCUT2D eigenvalue weighted by Crippen LogP contribution is -2.31. The van der Waals surface area contributed by atoms with Crippen LogP contribution < -0.4 is 4.90 Å². The number of hydrogen-bond donors (Lipinski definition) is 0. The lowest BCUT2D eigenvalue weighted by molar-refractivity contribution is 0.403. The number of hydrogen-bond acceptors (Lipinski definition) is 2. The highest BCUT2D eigenvalue weighted by Gasteiger charge is 2.52. The lowest BCUT2D eigenvalue weighted by Gasteiger charge is -2.37. The van der Waals surface area contributed by atoms with Crippen LogP contribution in [0, 0.1) is 12.1 Å². The van der Waals surface area contributed by atoms with Crippen molar-refractivity contribution in [2.75, 3.05) is 4.90 Å². The molecular weight excluding hydrogens is 619 g/mol. The predicted octanol–water partition coefficient (Wildman–Crippen LogP) is 11.9. The van der Waals surface area contributed by atoms with Crippen LogP contribution in [-0.4, -0.2) is 9.55 Å². The average Bonchev–Trinajstić information content (AvgIpc) is 3.68. The van der Waals surface area contributed by atoms with Gasteiger partial charge in [0.2, 0.25) is 0 Å². The number of fused-ring (bicyclic) bond motifs is 9. The SMILES string of the molecule is CC1(C)c2ccccc2C2C1c1ccc3ccn(-c4cc(-c5ccccc5)nc(-c5ccccc5)c4)c3c1-c1ccc#cc1N2c1ccccc1. The summed E-state index contributed by atoms with van der Waals surface area (Å²) < 4.78 is 2.39. The van der Waals surface area contributed by atoms with Crippen molar-refractivity contribution in [1.82, 2.24) is 9.55 Å². The maximum atomic E-state index is 5.20. The van der Waals surface area contributed by atoms with Gasteiger partial charge in [0.05, 0.1) is 22.9 Å². The van der Waals surface area contributed by atoms with Crippen molar-refractivity contribution < 1.29 is 0 Å². The fourth-order valence-corrected chi connectivity index (χ4v) is 8.89. The molecule has 6 aromatic carbocycles. The number of nitrogens with zero attached hydrogens (tertiary/aromatic N) is 3. The van der Waals surface area contributed by atoms with Crippen LogP contribution in [0.4, 0.5) is 11.4 Å². The number of aromatic nitrogens is 2. The molecule has 3 nitrogen and oxygen atoms in total. The van der Waals surface area contributed by atoms with E-state index in [1.165, 1.54) is 38.7 Å². The van der Waals surface area contributed by atoms with Gasteiger partial charge in [-0.1, -0.05) is 135 Å². The Morgan fingerprint density at radius 2 is 1.27 bits per heavy atom. The molecule has 2 unspecified atom stereocenters. The third-order valence-corrected chi connectivity index (χ3v) is 11.1. The molecule has 10 rings (SSSR count). The van der Waals surface area contributed by atoms with Crippen molar-refractivity contribution in [3.8, 4) is 39.3 Å². The van der Waals surface area contributed by atoms with E-state index in [1.54, 1.807) is 0 Å². The fourth-order valence-electron chi connectivity index (χ4n) is 8.89. The molecule has 51 heavy (non-hydrogen) atoms. The van der Waals surface area contributed by atoms with Crippen LogP contribution in [0.2, 0.25) is 0 Å². The van der Waals surface area contributed by atoms with Gasteiger partial charge in [0, 0.05) is 51.1 Å². The minimum absolute atomic E-state index is 0.0711. The maximum Gasteiger partial charge on any atom is 0.101 e. The first-order valence-electron chi connectivity index (χ1n) is 17.7. The molecule has 0 spiro atoms. The van der Waals surface area contributed by atoms with Gasteiger partial charge in [-0.25, -0.2) is 4.98 Å². The lowest BCUT2D eigenvalue weighted by atomic mass is 9.72. The average molecular weight is 654 g/mol. The molecule has 0 saturated carbocycles. The van der Waals surface area contributed by atoms with E-state index in [1.807, 2.05) is 6.07 Å². The van der Waals surface area contributed by atoms with Gasteiger partial charge >= 0.3 is 0 Å². The molecule has 3 heterocycles. The van der Waals surface area contributed by atoms with Gasteiger partial charge in [-0.2, -0.15) is 0 Å². The molecule has 0 radical (unpaired) electrons. The van der Waals surface area contributed by atoms with Crippen molar-refractivity contribution in [2.45, 2.75) is 31.2 Å². The first-order chi connectivity index (χ1) is 25.1. The van der Waals surface area contributed by atoms with Gasteiger partial charge in [0.25, 0.3) is 0 Å². The summed E-state index contributed by atoms with van der Waals surface area (Å²) in [7, 11) is 0. The molecule has 242 valence electrons. The second kappa shape index (κ2) is 11.3. The van der Waals surface area contributed by atoms with Crippen LogP contribution in [0.1, 0.15) is 42.5 Å². The molecule has 1 aliphatic heterocycles. The van der Waals surface area contributed by atoms with Gasteiger partial charge in [0.15, 0.2) is 0 Å². The molecule has 2 aliphatic rings. The normalized spacial score (nSPS) is 16.8. The molecule has 8 aromatic rings. The summed E-state index contributed by atoms with van der Waals surface area (Å²) in [6.45, 7) is 4.86. The van der Waals surface area contributed by atoms with Crippen LogP contribution >= 0.6 is 0 Å². The second-order valence-corrected chi connectivity index (χ2v) is 14.3. The van der Waals surface area contributed by atoms with Crippen molar-refractivity contribution in [3.05, 3.63) is 193 Å². The molecule has 0 fully saturated rings. The zero-order valence-corrected chi connectivity index (χ0v) is 28.6. The van der Waals surface area contributed by atoms with E-state index in [4.69, 9.17) is 4.98 Å². The van der Waals surface area contributed by atoms with E-state index in [2.05, 4.69) is 193 Å². The smallest absolute Gasteiger partial charge is 0.101 e. The van der Waals surface area contributed by atoms with Gasteiger partial charge in [-0.3, -0.25) is 0 Å². The largest absolute Gasteiger partial charge is 0.326 e. The van der Waals surface area contributed by atoms with E-state index in [-0.39, 0.29) is 17.4 Å². The van der Waals surface area contributed by atoms with E-state index < -0.39 is 0 Å². The zero-order chi connectivity index (χ0) is 34.1. The molecule has 3 heteroatoms. The number of pyridine rings is 1. The van der Waals surface area contributed by atoms with Gasteiger partial charge in [0.1, 0.15) is 5.69 Å². The van der Waals surface area contributed by atoms with Crippen molar-refractivity contribution >= 4 is 22.3 Å². The first-order valence-corrected chi connectivity index (χ1v) is 17.7. The molecule has 2 aromatic heterocycles. The van der Waals surface area contributed by atoms with Crippen LogP contribution in [0.15, 0.2) is 164 Å². The van der Waals surface area contributed by atoms with Crippen molar-refractivity contribution in [1.29, 1.82) is 0 Å². The molecule has 1 aliphatic carbocycles. The maximum absolute atomic E-state index is 5.20. The minimum atomic E-state index is -0.141. The Kier molecular flexibility index (Phi) is 6.57. The topological polar surface area (TPSA) is 21.1 Å². The van der Waals surface area contributed by atoms with E-state index in [0.29, 0.717) is 0 Å². The molecule has 0 bridgehead atoms. The Hall–Kier alpha value is -6.37. The molecule has 0 amide bonds. The van der Waals surface area contributed by atoms with Gasteiger partial charge in [-0.05, 0) is 70.6 Å². The molecule has 0 N–H and O–H groups in total. The fraction of sp³-hybridized carbons (Fsp3) is 0.104. The second-order valence-electron chi connectivity index (χ2n) is 14.3. The van der Waals surface area contributed by atoms with Crippen LogP contribution in [0.25, 0.3) is 50.2 Å². The van der Waals surface area contributed by atoms with Crippen LogP contribution in [0.5, 0.6) is 0 Å². The molecule has 0 saturated heterocycles. The van der Waals surface area contributed by atoms with E-state index in [9.17, 15) is 0 Å². The van der Waals surface area contributed by atoms with E-state index in [0.717, 1.165) is 39.6 Å². The Morgan fingerprint density at radius 3 is 1.98 bits per heavy atom. The standard InChI is InChI=1S/C48H35N3/c1-48(2)40-24-14-12-22-37(40)47-45(48)39-27-26-34-28-29-50(46(34)44(39)38-23-13-15-25-43(38)51(47)35-20-10-5-11-21-35)36-30-41(32-16-6-3-7-17-32)49-42(31-36)33-18-8-4-9-19-33/h3-14,16-24,26-31,45,47H,1-2H3. The van der Waals surface area contributed by atoms with Gasteiger partial charge in [-0.15, -0.1) is 0 Å².